The van der Waals surface area contributed by atoms with Gasteiger partial charge in [0.2, 0.25) is 0 Å². The van der Waals surface area contributed by atoms with Crippen LogP contribution in [0.5, 0.6) is 5.75 Å². The molecule has 0 heterocycles. The number of nitrogens with one attached hydrogen (secondary N) is 1. The number of benzene rings is 1. The van der Waals surface area contributed by atoms with E-state index in [2.05, 4.69) is 31.3 Å². The smallest absolute Gasteiger partial charge is 0.258 e. The number of carbonyl (C=O) groups is 1. The van der Waals surface area contributed by atoms with Gasteiger partial charge in [0.1, 0.15) is 5.75 Å². The van der Waals surface area contributed by atoms with Crippen molar-refractivity contribution in [3.8, 4) is 5.75 Å². The number of rotatable bonds is 7. The molecule has 2 saturated carbocycles. The molecule has 1 aromatic carbocycles. The summed E-state index contributed by atoms with van der Waals surface area (Å²) in [6.45, 7) is 4.45. The molecule has 3 heteroatoms. The number of amides is 1. The van der Waals surface area contributed by atoms with Crippen LogP contribution in [-0.2, 0) is 4.79 Å². The molecule has 0 saturated heterocycles. The van der Waals surface area contributed by atoms with Gasteiger partial charge in [-0.05, 0) is 61.1 Å². The Morgan fingerprint density at radius 2 is 1.71 bits per heavy atom. The van der Waals surface area contributed by atoms with E-state index < -0.39 is 0 Å². The average Bonchev–Trinajstić information content (AvgIpc) is 3.36. The maximum absolute atomic E-state index is 12.0. The van der Waals surface area contributed by atoms with Gasteiger partial charge in [0.05, 0.1) is 0 Å². The van der Waals surface area contributed by atoms with Crippen LogP contribution in [-0.4, -0.2) is 18.6 Å². The third kappa shape index (κ3) is 3.99. The van der Waals surface area contributed by atoms with E-state index in [9.17, 15) is 4.79 Å². The Morgan fingerprint density at radius 1 is 1.14 bits per heavy atom. The van der Waals surface area contributed by atoms with Gasteiger partial charge in [0, 0.05) is 6.04 Å². The summed E-state index contributed by atoms with van der Waals surface area (Å²) in [5, 5.41) is 3.18. The van der Waals surface area contributed by atoms with Crippen LogP contribution < -0.4 is 10.1 Å². The average molecular weight is 287 g/mol. The molecule has 1 aromatic rings. The fourth-order valence-electron chi connectivity index (χ4n) is 2.86. The molecule has 2 aliphatic rings. The molecule has 0 aromatic heterocycles. The number of hydrogen-bond acceptors (Lipinski definition) is 2. The van der Waals surface area contributed by atoms with E-state index in [-0.39, 0.29) is 12.5 Å². The summed E-state index contributed by atoms with van der Waals surface area (Å²) in [7, 11) is 0. The molecule has 0 aliphatic heterocycles. The summed E-state index contributed by atoms with van der Waals surface area (Å²) in [5.41, 5.74) is 1.29. The first-order valence-electron chi connectivity index (χ1n) is 8.15. The predicted octanol–water partition coefficient (Wildman–Crippen LogP) is 3.49. The minimum absolute atomic E-state index is 0.0201. The summed E-state index contributed by atoms with van der Waals surface area (Å²) in [6, 6.07) is 8.43. The van der Waals surface area contributed by atoms with Gasteiger partial charge in [0.25, 0.3) is 5.91 Å². The first-order valence-corrected chi connectivity index (χ1v) is 8.15. The Morgan fingerprint density at radius 3 is 2.19 bits per heavy atom. The van der Waals surface area contributed by atoms with E-state index in [4.69, 9.17) is 4.74 Å². The van der Waals surface area contributed by atoms with Crippen LogP contribution in [0.25, 0.3) is 0 Å². The van der Waals surface area contributed by atoms with E-state index in [1.54, 1.807) is 0 Å². The Bertz CT molecular complexity index is 474. The van der Waals surface area contributed by atoms with Crippen molar-refractivity contribution in [3.05, 3.63) is 29.8 Å². The Labute approximate surface area is 127 Å². The normalized spacial score (nSPS) is 18.1. The molecule has 3 nitrogen and oxygen atoms in total. The van der Waals surface area contributed by atoms with Crippen molar-refractivity contribution in [2.75, 3.05) is 6.61 Å². The van der Waals surface area contributed by atoms with Gasteiger partial charge in [-0.2, -0.15) is 0 Å². The topological polar surface area (TPSA) is 38.3 Å². The van der Waals surface area contributed by atoms with E-state index in [0.717, 1.165) is 17.6 Å². The Hall–Kier alpha value is -1.51. The van der Waals surface area contributed by atoms with Gasteiger partial charge >= 0.3 is 0 Å². The number of hydrogen-bond donors (Lipinski definition) is 1. The molecule has 3 rings (SSSR count). The van der Waals surface area contributed by atoms with Gasteiger partial charge in [-0.3, -0.25) is 4.79 Å². The number of ether oxygens (including phenoxy) is 1. The van der Waals surface area contributed by atoms with Crippen molar-refractivity contribution < 1.29 is 9.53 Å². The largest absolute Gasteiger partial charge is 0.484 e. The molecule has 0 atom stereocenters. The van der Waals surface area contributed by atoms with Crippen molar-refractivity contribution in [3.63, 3.8) is 0 Å². The van der Waals surface area contributed by atoms with Crippen LogP contribution >= 0.6 is 0 Å². The summed E-state index contributed by atoms with van der Waals surface area (Å²) in [5.74, 6) is 2.76. The summed E-state index contributed by atoms with van der Waals surface area (Å²) in [4.78, 5) is 12.0. The number of carbonyl (C=O) groups excluding carboxylic acids is 1. The second kappa shape index (κ2) is 6.08. The van der Waals surface area contributed by atoms with Crippen LogP contribution in [0.3, 0.4) is 0 Å². The van der Waals surface area contributed by atoms with Gasteiger partial charge in [-0.25, -0.2) is 0 Å². The second-order valence-electron chi connectivity index (χ2n) is 6.78. The van der Waals surface area contributed by atoms with Crippen molar-refractivity contribution in [2.45, 2.75) is 51.5 Å². The zero-order valence-corrected chi connectivity index (χ0v) is 13.0. The molecule has 114 valence electrons. The zero-order chi connectivity index (χ0) is 14.8. The zero-order valence-electron chi connectivity index (χ0n) is 13.0. The second-order valence-corrected chi connectivity index (χ2v) is 6.78. The molecule has 21 heavy (non-hydrogen) atoms. The van der Waals surface area contributed by atoms with E-state index in [0.29, 0.717) is 12.0 Å². The van der Waals surface area contributed by atoms with Gasteiger partial charge < -0.3 is 10.1 Å². The van der Waals surface area contributed by atoms with E-state index >= 15 is 0 Å². The highest BCUT2D eigenvalue weighted by molar-refractivity contribution is 5.78. The van der Waals surface area contributed by atoms with Crippen LogP contribution in [0, 0.1) is 11.8 Å². The lowest BCUT2D eigenvalue weighted by Gasteiger charge is -2.17. The van der Waals surface area contributed by atoms with Crippen LogP contribution in [0.1, 0.15) is 51.0 Å². The third-order valence-electron chi connectivity index (χ3n) is 4.50. The highest BCUT2D eigenvalue weighted by Gasteiger charge is 2.42. The molecule has 1 N–H and O–H groups in total. The lowest BCUT2D eigenvalue weighted by Crippen LogP contribution is -2.40. The Balaban J connectivity index is 1.46. The van der Waals surface area contributed by atoms with Crippen LogP contribution in [0.2, 0.25) is 0 Å². The molecule has 1 amide bonds. The van der Waals surface area contributed by atoms with E-state index in [1.807, 2.05) is 12.1 Å². The monoisotopic (exact) mass is 287 g/mol. The fraction of sp³-hybridized carbons (Fsp3) is 0.611. The highest BCUT2D eigenvalue weighted by Crippen LogP contribution is 2.44. The van der Waals surface area contributed by atoms with Crippen molar-refractivity contribution in [1.29, 1.82) is 0 Å². The molecule has 0 spiro atoms. The molecular formula is C18H25NO2. The fourth-order valence-corrected chi connectivity index (χ4v) is 2.86. The van der Waals surface area contributed by atoms with Crippen molar-refractivity contribution >= 4 is 5.91 Å². The molecule has 0 unspecified atom stereocenters. The third-order valence-corrected chi connectivity index (χ3v) is 4.50. The molecule has 0 radical (unpaired) electrons. The molecule has 0 bridgehead atoms. The highest BCUT2D eigenvalue weighted by atomic mass is 16.5. The first kappa shape index (κ1) is 14.4. The quantitative estimate of drug-likeness (QED) is 0.833. The first-order chi connectivity index (χ1) is 10.1. The van der Waals surface area contributed by atoms with Crippen molar-refractivity contribution in [1.82, 2.24) is 5.32 Å². The minimum Gasteiger partial charge on any atom is -0.484 e. The van der Waals surface area contributed by atoms with Gasteiger partial charge in [0.15, 0.2) is 6.61 Å². The maximum Gasteiger partial charge on any atom is 0.258 e. The summed E-state index contributed by atoms with van der Waals surface area (Å²) < 4.78 is 5.59. The maximum atomic E-state index is 12.0. The van der Waals surface area contributed by atoms with Crippen LogP contribution in [0.15, 0.2) is 24.3 Å². The lowest BCUT2D eigenvalue weighted by molar-refractivity contribution is -0.124. The Kier molecular flexibility index (Phi) is 4.18. The predicted molar refractivity (Wildman–Crippen MR) is 83.4 cm³/mol. The van der Waals surface area contributed by atoms with Gasteiger partial charge in [-0.1, -0.05) is 26.0 Å². The SMILES string of the molecule is CC(C)c1ccc(OCC(=O)NC(C2CC2)C2CC2)cc1. The van der Waals surface area contributed by atoms with Crippen LogP contribution in [0.4, 0.5) is 0 Å². The molecular weight excluding hydrogens is 262 g/mol. The standard InChI is InChI=1S/C18H25NO2/c1-12(2)13-7-9-16(10-8-13)21-11-17(20)19-18(14-3-4-14)15-5-6-15/h7-10,12,14-15,18H,3-6,11H2,1-2H3,(H,19,20). The molecule has 2 aliphatic carbocycles. The summed E-state index contributed by atoms with van der Waals surface area (Å²) in [6.07, 6.45) is 5.11. The van der Waals surface area contributed by atoms with E-state index in [1.165, 1.54) is 31.2 Å². The lowest BCUT2D eigenvalue weighted by atomic mass is 10.0. The molecule has 2 fully saturated rings. The van der Waals surface area contributed by atoms with Gasteiger partial charge in [-0.15, -0.1) is 0 Å². The van der Waals surface area contributed by atoms with Crippen molar-refractivity contribution in [2.24, 2.45) is 11.8 Å². The summed E-state index contributed by atoms with van der Waals surface area (Å²) >= 11 is 0. The minimum atomic E-state index is 0.0201.